The van der Waals surface area contributed by atoms with Crippen LogP contribution in [0.15, 0.2) is 24.3 Å². The lowest BCUT2D eigenvalue weighted by Gasteiger charge is -2.39. The van der Waals surface area contributed by atoms with Crippen LogP contribution in [0.1, 0.15) is 57.6 Å². The van der Waals surface area contributed by atoms with E-state index < -0.39 is 0 Å². The predicted octanol–water partition coefficient (Wildman–Crippen LogP) is 3.94. The molecule has 1 fully saturated rings. The summed E-state index contributed by atoms with van der Waals surface area (Å²) in [6.07, 6.45) is 5.99. The molecule has 3 heteroatoms. The van der Waals surface area contributed by atoms with Gasteiger partial charge in [-0.05, 0) is 48.3 Å². The van der Waals surface area contributed by atoms with Gasteiger partial charge in [0.25, 0.3) is 0 Å². The van der Waals surface area contributed by atoms with Gasteiger partial charge in [0.2, 0.25) is 0 Å². The average Bonchev–Trinajstić information content (AvgIpc) is 2.78. The van der Waals surface area contributed by atoms with Gasteiger partial charge in [-0.25, -0.2) is 4.39 Å². The highest BCUT2D eigenvalue weighted by atomic mass is 19.1. The highest BCUT2D eigenvalue weighted by Gasteiger charge is 2.41. The van der Waals surface area contributed by atoms with Gasteiger partial charge < -0.3 is 0 Å². The summed E-state index contributed by atoms with van der Waals surface area (Å²) in [5.41, 5.74) is 4.12. The fourth-order valence-electron chi connectivity index (χ4n) is 3.82. The van der Waals surface area contributed by atoms with Gasteiger partial charge in [-0.1, -0.05) is 38.8 Å². The molecule has 2 nitrogen and oxygen atoms in total. The van der Waals surface area contributed by atoms with E-state index in [1.165, 1.54) is 31.7 Å². The molecule has 106 valence electrons. The van der Waals surface area contributed by atoms with Crippen molar-refractivity contribution in [2.45, 2.75) is 52.0 Å². The highest BCUT2D eigenvalue weighted by Crippen LogP contribution is 2.51. The second kappa shape index (κ2) is 6.02. The topological polar surface area (TPSA) is 38.0 Å². The van der Waals surface area contributed by atoms with Crippen molar-refractivity contribution in [3.63, 3.8) is 0 Å². The zero-order chi connectivity index (χ0) is 13.9. The summed E-state index contributed by atoms with van der Waals surface area (Å²) >= 11 is 0. The molecular formula is C16H25FN2. The van der Waals surface area contributed by atoms with Crippen LogP contribution in [-0.4, -0.2) is 0 Å². The Morgan fingerprint density at radius 2 is 2.00 bits per heavy atom. The summed E-state index contributed by atoms with van der Waals surface area (Å²) in [6, 6.07) is 6.90. The molecule has 1 atom stereocenters. The summed E-state index contributed by atoms with van der Waals surface area (Å²) in [5.74, 6) is 6.27. The van der Waals surface area contributed by atoms with Gasteiger partial charge in [-0.2, -0.15) is 0 Å². The number of rotatable bonds is 5. The van der Waals surface area contributed by atoms with E-state index in [0.717, 1.165) is 12.0 Å². The molecule has 1 aliphatic carbocycles. The van der Waals surface area contributed by atoms with Crippen molar-refractivity contribution >= 4 is 0 Å². The van der Waals surface area contributed by atoms with Gasteiger partial charge in [0.15, 0.2) is 0 Å². The standard InChI is InChI=1S/C16H25FN2/c1-12(2)11-16(8-3-4-9-16)15(19-18)13-6-5-7-14(17)10-13/h5-7,10,12,15,19H,3-4,8-9,11,18H2,1-2H3. The summed E-state index contributed by atoms with van der Waals surface area (Å²) in [7, 11) is 0. The van der Waals surface area contributed by atoms with Gasteiger partial charge in [-0.15, -0.1) is 0 Å². The van der Waals surface area contributed by atoms with Crippen molar-refractivity contribution in [1.29, 1.82) is 0 Å². The third-order valence-corrected chi connectivity index (χ3v) is 4.38. The van der Waals surface area contributed by atoms with Crippen LogP contribution in [0.4, 0.5) is 4.39 Å². The maximum Gasteiger partial charge on any atom is 0.123 e. The van der Waals surface area contributed by atoms with E-state index in [2.05, 4.69) is 19.3 Å². The molecule has 0 aromatic heterocycles. The molecule has 0 radical (unpaired) electrons. The van der Waals surface area contributed by atoms with Crippen molar-refractivity contribution < 1.29 is 4.39 Å². The van der Waals surface area contributed by atoms with E-state index in [9.17, 15) is 4.39 Å². The maximum atomic E-state index is 13.5. The molecule has 19 heavy (non-hydrogen) atoms. The summed E-state index contributed by atoms with van der Waals surface area (Å²) in [5, 5.41) is 0. The molecule has 2 rings (SSSR count). The molecule has 1 aromatic rings. The molecule has 1 aliphatic rings. The third kappa shape index (κ3) is 3.15. The molecule has 1 saturated carbocycles. The van der Waals surface area contributed by atoms with Crippen LogP contribution in [-0.2, 0) is 0 Å². The van der Waals surface area contributed by atoms with E-state index >= 15 is 0 Å². The van der Waals surface area contributed by atoms with E-state index in [1.807, 2.05) is 6.07 Å². The van der Waals surface area contributed by atoms with Crippen LogP contribution in [0.2, 0.25) is 0 Å². The van der Waals surface area contributed by atoms with Crippen LogP contribution < -0.4 is 11.3 Å². The van der Waals surface area contributed by atoms with Crippen molar-refractivity contribution in [2.75, 3.05) is 0 Å². The van der Waals surface area contributed by atoms with Crippen molar-refractivity contribution in [1.82, 2.24) is 5.43 Å². The first-order valence-corrected chi connectivity index (χ1v) is 7.29. The van der Waals surface area contributed by atoms with Crippen LogP contribution in [0, 0.1) is 17.2 Å². The summed E-state index contributed by atoms with van der Waals surface area (Å²) < 4.78 is 13.5. The quantitative estimate of drug-likeness (QED) is 0.624. The average molecular weight is 264 g/mol. The van der Waals surface area contributed by atoms with Crippen molar-refractivity contribution in [2.24, 2.45) is 17.2 Å². The molecular weight excluding hydrogens is 239 g/mol. The van der Waals surface area contributed by atoms with E-state index in [-0.39, 0.29) is 17.3 Å². The second-order valence-electron chi connectivity index (χ2n) is 6.32. The Hall–Kier alpha value is -0.930. The maximum absolute atomic E-state index is 13.5. The number of hydrogen-bond donors (Lipinski definition) is 2. The lowest BCUT2D eigenvalue weighted by Crippen LogP contribution is -2.41. The predicted molar refractivity (Wildman–Crippen MR) is 76.8 cm³/mol. The van der Waals surface area contributed by atoms with Gasteiger partial charge in [0, 0.05) is 0 Å². The minimum Gasteiger partial charge on any atom is -0.271 e. The third-order valence-electron chi connectivity index (χ3n) is 4.38. The van der Waals surface area contributed by atoms with Crippen molar-refractivity contribution in [3.05, 3.63) is 35.6 Å². The fraction of sp³-hybridized carbons (Fsp3) is 0.625. The van der Waals surface area contributed by atoms with Crippen LogP contribution >= 0.6 is 0 Å². The monoisotopic (exact) mass is 264 g/mol. The van der Waals surface area contributed by atoms with E-state index in [4.69, 9.17) is 5.84 Å². The largest absolute Gasteiger partial charge is 0.271 e. The van der Waals surface area contributed by atoms with Gasteiger partial charge >= 0.3 is 0 Å². The van der Waals surface area contributed by atoms with Gasteiger partial charge in [0.05, 0.1) is 6.04 Å². The molecule has 0 amide bonds. The number of halogens is 1. The highest BCUT2D eigenvalue weighted by molar-refractivity contribution is 5.23. The Morgan fingerprint density at radius 3 is 2.53 bits per heavy atom. The Kier molecular flexibility index (Phi) is 4.58. The van der Waals surface area contributed by atoms with Crippen LogP contribution in [0.25, 0.3) is 0 Å². The second-order valence-corrected chi connectivity index (χ2v) is 6.32. The fourth-order valence-corrected chi connectivity index (χ4v) is 3.82. The molecule has 0 bridgehead atoms. The zero-order valence-corrected chi connectivity index (χ0v) is 12.0. The van der Waals surface area contributed by atoms with Gasteiger partial charge in [0.1, 0.15) is 5.82 Å². The molecule has 0 heterocycles. The molecule has 1 aromatic carbocycles. The van der Waals surface area contributed by atoms with Crippen LogP contribution in [0.5, 0.6) is 0 Å². The number of nitrogens with two attached hydrogens (primary N) is 1. The van der Waals surface area contributed by atoms with E-state index in [0.29, 0.717) is 5.92 Å². The van der Waals surface area contributed by atoms with E-state index in [1.54, 1.807) is 12.1 Å². The minimum atomic E-state index is -0.185. The molecule has 0 aliphatic heterocycles. The molecule has 1 unspecified atom stereocenters. The lowest BCUT2D eigenvalue weighted by molar-refractivity contribution is 0.155. The lowest BCUT2D eigenvalue weighted by atomic mass is 9.70. The Morgan fingerprint density at radius 1 is 1.32 bits per heavy atom. The minimum absolute atomic E-state index is 0.0492. The molecule has 0 spiro atoms. The number of benzene rings is 1. The first kappa shape index (κ1) is 14.5. The molecule has 3 N–H and O–H groups in total. The number of hydrogen-bond acceptors (Lipinski definition) is 2. The van der Waals surface area contributed by atoms with Gasteiger partial charge in [-0.3, -0.25) is 11.3 Å². The summed E-state index contributed by atoms with van der Waals surface area (Å²) in [4.78, 5) is 0. The smallest absolute Gasteiger partial charge is 0.123 e. The zero-order valence-electron chi connectivity index (χ0n) is 12.0. The summed E-state index contributed by atoms with van der Waals surface area (Å²) in [6.45, 7) is 4.50. The number of nitrogens with one attached hydrogen (secondary N) is 1. The normalized spacial score (nSPS) is 19.8. The Bertz CT molecular complexity index is 411. The SMILES string of the molecule is CC(C)CC1(C(NN)c2cccc(F)c2)CCCC1. The molecule has 0 saturated heterocycles. The Labute approximate surface area is 115 Å². The first-order valence-electron chi connectivity index (χ1n) is 7.29. The van der Waals surface area contributed by atoms with Crippen LogP contribution in [0.3, 0.4) is 0 Å². The Balaban J connectivity index is 2.32. The van der Waals surface area contributed by atoms with Crippen molar-refractivity contribution in [3.8, 4) is 0 Å². The first-order chi connectivity index (χ1) is 9.07. The number of hydrazine groups is 1.